The van der Waals surface area contributed by atoms with Crippen molar-refractivity contribution in [1.29, 1.82) is 0 Å². The molecule has 0 aliphatic carbocycles. The zero-order valence-corrected chi connectivity index (χ0v) is 15.3. The summed E-state index contributed by atoms with van der Waals surface area (Å²) in [5.74, 6) is -0.0277. The summed E-state index contributed by atoms with van der Waals surface area (Å²) in [7, 11) is 3.96. The Morgan fingerprint density at radius 2 is 1.81 bits per heavy atom. The molecule has 1 amide bonds. The van der Waals surface area contributed by atoms with Gasteiger partial charge in [-0.25, -0.2) is 0 Å². The summed E-state index contributed by atoms with van der Waals surface area (Å²) < 4.78 is 0. The highest BCUT2D eigenvalue weighted by molar-refractivity contribution is 5.91. The Morgan fingerprint density at radius 1 is 1.08 bits per heavy atom. The van der Waals surface area contributed by atoms with Gasteiger partial charge in [0.05, 0.1) is 0 Å². The summed E-state index contributed by atoms with van der Waals surface area (Å²) in [6, 6.07) is 15.5. The number of rotatable bonds is 5. The first kappa shape index (κ1) is 17.7. The van der Waals surface area contributed by atoms with Crippen molar-refractivity contribution in [2.45, 2.75) is 19.8 Å². The minimum absolute atomic E-state index is 0.0277. The summed E-state index contributed by atoms with van der Waals surface area (Å²) in [4.78, 5) is 28.8. The lowest BCUT2D eigenvalue weighted by atomic mass is 10.1. The normalized spacial score (nSPS) is 10.7. The van der Waals surface area contributed by atoms with Crippen molar-refractivity contribution in [3.63, 3.8) is 0 Å². The molecule has 0 aliphatic rings. The Kier molecular flexibility index (Phi) is 5.07. The van der Waals surface area contributed by atoms with Crippen molar-refractivity contribution < 1.29 is 4.79 Å². The standard InChI is InChI=1S/C21H23N3O2/c1-14-12-16-6-4-15(13-19(16)23-21(14)26)5-11-20(25)22-17-7-9-18(10-8-17)24(2)3/h4,6-10,12-13H,5,11H2,1-3H3,(H,22,25)(H,23,26). The van der Waals surface area contributed by atoms with Crippen molar-refractivity contribution in [1.82, 2.24) is 4.98 Å². The van der Waals surface area contributed by atoms with Crippen molar-refractivity contribution in [3.8, 4) is 0 Å². The number of carbonyl (C=O) groups excluding carboxylic acids is 1. The van der Waals surface area contributed by atoms with Gasteiger partial charge in [0, 0.05) is 43.0 Å². The largest absolute Gasteiger partial charge is 0.378 e. The third-order valence-electron chi connectivity index (χ3n) is 4.40. The zero-order chi connectivity index (χ0) is 18.7. The van der Waals surface area contributed by atoms with Crippen molar-refractivity contribution in [2.24, 2.45) is 0 Å². The number of anilines is 2. The fourth-order valence-electron chi connectivity index (χ4n) is 2.84. The number of pyridine rings is 1. The van der Waals surface area contributed by atoms with Gasteiger partial charge in [-0.1, -0.05) is 12.1 Å². The fourth-order valence-corrected chi connectivity index (χ4v) is 2.84. The molecule has 0 unspecified atom stereocenters. The molecule has 1 aromatic heterocycles. The first-order chi connectivity index (χ1) is 12.4. The molecule has 3 aromatic rings. The van der Waals surface area contributed by atoms with Crippen LogP contribution in [0.25, 0.3) is 10.9 Å². The molecule has 5 nitrogen and oxygen atoms in total. The van der Waals surface area contributed by atoms with Crippen LogP contribution in [-0.2, 0) is 11.2 Å². The number of aromatic amines is 1. The van der Waals surface area contributed by atoms with E-state index in [-0.39, 0.29) is 11.5 Å². The van der Waals surface area contributed by atoms with Crippen LogP contribution in [0.15, 0.2) is 53.3 Å². The number of nitrogens with one attached hydrogen (secondary N) is 2. The number of nitrogens with zero attached hydrogens (tertiary/aromatic N) is 1. The molecule has 0 atom stereocenters. The van der Waals surface area contributed by atoms with Crippen LogP contribution < -0.4 is 15.8 Å². The molecule has 2 N–H and O–H groups in total. The fraction of sp³-hybridized carbons (Fsp3) is 0.238. The highest BCUT2D eigenvalue weighted by Gasteiger charge is 2.06. The summed E-state index contributed by atoms with van der Waals surface area (Å²) in [6.07, 6.45) is 1.00. The topological polar surface area (TPSA) is 65.2 Å². The van der Waals surface area contributed by atoms with Crippen LogP contribution in [-0.4, -0.2) is 25.0 Å². The Balaban J connectivity index is 1.63. The molecule has 134 valence electrons. The van der Waals surface area contributed by atoms with E-state index in [1.165, 1.54) is 0 Å². The van der Waals surface area contributed by atoms with Gasteiger partial charge in [0.15, 0.2) is 0 Å². The van der Waals surface area contributed by atoms with Crippen molar-refractivity contribution >= 4 is 28.2 Å². The Labute approximate surface area is 152 Å². The molecule has 0 saturated heterocycles. The molecule has 3 rings (SSSR count). The van der Waals surface area contributed by atoms with E-state index in [1.54, 1.807) is 6.92 Å². The maximum atomic E-state index is 12.2. The summed E-state index contributed by atoms with van der Waals surface area (Å²) >= 11 is 0. The van der Waals surface area contributed by atoms with Crippen molar-refractivity contribution in [2.75, 3.05) is 24.3 Å². The van der Waals surface area contributed by atoms with E-state index in [9.17, 15) is 9.59 Å². The van der Waals surface area contributed by atoms with E-state index in [2.05, 4.69) is 10.3 Å². The molecular weight excluding hydrogens is 326 g/mol. The number of hydrogen-bond donors (Lipinski definition) is 2. The second-order valence-electron chi connectivity index (χ2n) is 6.69. The lowest BCUT2D eigenvalue weighted by Gasteiger charge is -2.13. The van der Waals surface area contributed by atoms with E-state index >= 15 is 0 Å². The highest BCUT2D eigenvalue weighted by Crippen LogP contribution is 2.17. The number of hydrogen-bond acceptors (Lipinski definition) is 3. The number of aromatic nitrogens is 1. The molecule has 1 heterocycles. The predicted octanol–water partition coefficient (Wildman–Crippen LogP) is 3.47. The summed E-state index contributed by atoms with van der Waals surface area (Å²) in [5, 5.41) is 3.91. The Bertz CT molecular complexity index is 988. The van der Waals surface area contributed by atoms with Crippen LogP contribution in [0.4, 0.5) is 11.4 Å². The van der Waals surface area contributed by atoms with Gasteiger partial charge in [-0.15, -0.1) is 0 Å². The van der Waals surface area contributed by atoms with Crippen LogP contribution in [0.5, 0.6) is 0 Å². The molecule has 26 heavy (non-hydrogen) atoms. The molecule has 2 aromatic carbocycles. The molecule has 0 fully saturated rings. The Morgan fingerprint density at radius 3 is 2.50 bits per heavy atom. The number of H-pyrrole nitrogens is 1. The smallest absolute Gasteiger partial charge is 0.251 e. The lowest BCUT2D eigenvalue weighted by molar-refractivity contribution is -0.116. The second-order valence-corrected chi connectivity index (χ2v) is 6.69. The SMILES string of the molecule is Cc1cc2ccc(CCC(=O)Nc3ccc(N(C)C)cc3)cc2[nH]c1=O. The van der Waals surface area contributed by atoms with Gasteiger partial charge in [-0.2, -0.15) is 0 Å². The quantitative estimate of drug-likeness (QED) is 0.741. The first-order valence-electron chi connectivity index (χ1n) is 8.62. The second kappa shape index (κ2) is 7.44. The van der Waals surface area contributed by atoms with E-state index in [0.29, 0.717) is 18.4 Å². The van der Waals surface area contributed by atoms with Gasteiger partial charge in [0.2, 0.25) is 5.91 Å². The van der Waals surface area contributed by atoms with Crippen molar-refractivity contribution in [3.05, 3.63) is 70.0 Å². The van der Waals surface area contributed by atoms with Crippen LogP contribution in [0, 0.1) is 6.92 Å². The first-order valence-corrected chi connectivity index (χ1v) is 8.62. The highest BCUT2D eigenvalue weighted by atomic mass is 16.1. The maximum absolute atomic E-state index is 12.2. The van der Waals surface area contributed by atoms with Crippen LogP contribution >= 0.6 is 0 Å². The number of aryl methyl sites for hydroxylation is 2. The number of carbonyl (C=O) groups is 1. The molecule has 5 heteroatoms. The number of fused-ring (bicyclic) bond motifs is 1. The molecule has 0 spiro atoms. The number of benzene rings is 2. The van der Waals surface area contributed by atoms with Crippen LogP contribution in [0.2, 0.25) is 0 Å². The van der Waals surface area contributed by atoms with Gasteiger partial charge < -0.3 is 15.2 Å². The molecule has 0 radical (unpaired) electrons. The average molecular weight is 349 g/mol. The zero-order valence-electron chi connectivity index (χ0n) is 15.3. The summed E-state index contributed by atoms with van der Waals surface area (Å²) in [6.45, 7) is 1.79. The average Bonchev–Trinajstić information content (AvgIpc) is 2.61. The van der Waals surface area contributed by atoms with Gasteiger partial charge in [0.1, 0.15) is 0 Å². The Hall–Kier alpha value is -3.08. The molecule has 0 bridgehead atoms. The van der Waals surface area contributed by atoms with E-state index < -0.39 is 0 Å². The lowest BCUT2D eigenvalue weighted by Crippen LogP contribution is -2.13. The summed E-state index contributed by atoms with van der Waals surface area (Å²) in [5.41, 5.74) is 4.33. The van der Waals surface area contributed by atoms with Gasteiger partial charge >= 0.3 is 0 Å². The number of amides is 1. The van der Waals surface area contributed by atoms with E-state index in [0.717, 1.165) is 27.8 Å². The molecule has 0 saturated carbocycles. The third kappa shape index (κ3) is 4.11. The monoisotopic (exact) mass is 349 g/mol. The van der Waals surface area contributed by atoms with Gasteiger partial charge in [-0.05, 0) is 60.7 Å². The maximum Gasteiger partial charge on any atom is 0.251 e. The molecule has 0 aliphatic heterocycles. The molecular formula is C21H23N3O2. The predicted molar refractivity (Wildman–Crippen MR) is 107 cm³/mol. The van der Waals surface area contributed by atoms with E-state index in [4.69, 9.17) is 0 Å². The van der Waals surface area contributed by atoms with E-state index in [1.807, 2.05) is 67.5 Å². The minimum Gasteiger partial charge on any atom is -0.378 e. The third-order valence-corrected chi connectivity index (χ3v) is 4.40. The van der Waals surface area contributed by atoms with Gasteiger partial charge in [-0.3, -0.25) is 9.59 Å². The van der Waals surface area contributed by atoms with Crippen LogP contribution in [0.3, 0.4) is 0 Å². The minimum atomic E-state index is -0.0754. The van der Waals surface area contributed by atoms with Gasteiger partial charge in [0.25, 0.3) is 5.56 Å². The van der Waals surface area contributed by atoms with Crippen LogP contribution in [0.1, 0.15) is 17.5 Å².